The van der Waals surface area contributed by atoms with Crippen molar-refractivity contribution in [2.24, 2.45) is 0 Å². The zero-order valence-corrected chi connectivity index (χ0v) is 8.77. The first-order valence-corrected chi connectivity index (χ1v) is 5.10. The Balaban J connectivity index is 2.20. The second-order valence-corrected chi connectivity index (χ2v) is 4.04. The summed E-state index contributed by atoms with van der Waals surface area (Å²) < 4.78 is 2.12. The summed E-state index contributed by atoms with van der Waals surface area (Å²) in [5.74, 6) is 0.795. The van der Waals surface area contributed by atoms with Crippen molar-refractivity contribution in [3.8, 4) is 0 Å². The van der Waals surface area contributed by atoms with Gasteiger partial charge in [-0.15, -0.1) is 0 Å². The molecule has 0 fully saturated rings. The molecular formula is C10H17N3O. The van der Waals surface area contributed by atoms with Crippen molar-refractivity contribution >= 4 is 0 Å². The first-order chi connectivity index (χ1) is 6.72. The van der Waals surface area contributed by atoms with Gasteiger partial charge in [0.1, 0.15) is 12.4 Å². The molecule has 0 radical (unpaired) electrons. The fourth-order valence-electron chi connectivity index (χ4n) is 1.94. The molecule has 2 heterocycles. The third-order valence-corrected chi connectivity index (χ3v) is 2.87. The number of hydrogen-bond donors (Lipinski definition) is 1. The molecule has 4 heteroatoms. The van der Waals surface area contributed by atoms with Crippen molar-refractivity contribution in [3.05, 3.63) is 17.7 Å². The molecule has 0 amide bonds. The lowest BCUT2D eigenvalue weighted by molar-refractivity contribution is 0.171. The van der Waals surface area contributed by atoms with Crippen LogP contribution in [0.15, 0.2) is 6.20 Å². The van der Waals surface area contributed by atoms with Gasteiger partial charge in [-0.3, -0.25) is 4.90 Å². The fourth-order valence-corrected chi connectivity index (χ4v) is 1.94. The Morgan fingerprint density at radius 1 is 1.50 bits per heavy atom. The molecule has 4 nitrogen and oxygen atoms in total. The van der Waals surface area contributed by atoms with Crippen LogP contribution in [0.5, 0.6) is 0 Å². The molecule has 0 aliphatic carbocycles. The van der Waals surface area contributed by atoms with Gasteiger partial charge in [-0.05, 0) is 13.8 Å². The van der Waals surface area contributed by atoms with Crippen molar-refractivity contribution in [2.75, 3.05) is 6.54 Å². The van der Waals surface area contributed by atoms with Gasteiger partial charge in [-0.2, -0.15) is 0 Å². The van der Waals surface area contributed by atoms with E-state index in [1.807, 2.05) is 6.20 Å². The molecule has 0 unspecified atom stereocenters. The molecule has 1 aliphatic rings. The van der Waals surface area contributed by atoms with Gasteiger partial charge >= 0.3 is 0 Å². The number of fused-ring (bicyclic) bond motifs is 1. The quantitative estimate of drug-likeness (QED) is 0.751. The second-order valence-electron chi connectivity index (χ2n) is 4.04. The minimum Gasteiger partial charge on any atom is -0.388 e. The Hall–Kier alpha value is -0.870. The molecule has 14 heavy (non-hydrogen) atoms. The number of rotatable bonds is 2. The Morgan fingerprint density at radius 2 is 2.29 bits per heavy atom. The van der Waals surface area contributed by atoms with E-state index in [2.05, 4.69) is 28.3 Å². The summed E-state index contributed by atoms with van der Waals surface area (Å²) in [5, 5.41) is 9.06. The number of aliphatic hydroxyl groups is 1. The van der Waals surface area contributed by atoms with Crippen LogP contribution >= 0.6 is 0 Å². The number of imidazole rings is 1. The minimum atomic E-state index is 0.0433. The van der Waals surface area contributed by atoms with Crippen LogP contribution in [-0.2, 0) is 19.7 Å². The lowest BCUT2D eigenvalue weighted by Gasteiger charge is -2.31. The molecule has 0 aromatic carbocycles. The summed E-state index contributed by atoms with van der Waals surface area (Å²) in [6.45, 7) is 7.40. The highest BCUT2D eigenvalue weighted by Gasteiger charge is 2.20. The van der Waals surface area contributed by atoms with Gasteiger partial charge in [-0.25, -0.2) is 4.98 Å². The Labute approximate surface area is 84.2 Å². The maximum absolute atomic E-state index is 9.06. The second kappa shape index (κ2) is 3.71. The van der Waals surface area contributed by atoms with Gasteiger partial charge in [0.2, 0.25) is 0 Å². The molecule has 1 N–H and O–H groups in total. The van der Waals surface area contributed by atoms with Crippen molar-refractivity contribution in [3.63, 3.8) is 0 Å². The van der Waals surface area contributed by atoms with Gasteiger partial charge in [0.25, 0.3) is 0 Å². The molecule has 78 valence electrons. The Morgan fingerprint density at radius 3 is 2.93 bits per heavy atom. The van der Waals surface area contributed by atoms with Crippen LogP contribution in [0.3, 0.4) is 0 Å². The zero-order valence-electron chi connectivity index (χ0n) is 8.77. The lowest BCUT2D eigenvalue weighted by atomic mass is 10.2. The summed E-state index contributed by atoms with van der Waals surface area (Å²) in [5.41, 5.74) is 1.22. The molecular weight excluding hydrogens is 178 g/mol. The van der Waals surface area contributed by atoms with E-state index in [1.165, 1.54) is 5.69 Å². The standard InChI is InChI=1S/C10H17N3O/c1-8(2)12-3-4-13-9(6-12)5-11-10(13)7-14/h5,8,14H,3-4,6-7H2,1-2H3. The van der Waals surface area contributed by atoms with Gasteiger partial charge in [-0.1, -0.05) is 0 Å². The average Bonchev–Trinajstić information content (AvgIpc) is 2.59. The highest BCUT2D eigenvalue weighted by molar-refractivity contribution is 5.07. The number of hydrogen-bond acceptors (Lipinski definition) is 3. The van der Waals surface area contributed by atoms with Gasteiger partial charge in [0, 0.05) is 31.9 Å². The third kappa shape index (κ3) is 1.55. The van der Waals surface area contributed by atoms with Crippen LogP contribution < -0.4 is 0 Å². The average molecular weight is 195 g/mol. The predicted molar refractivity (Wildman–Crippen MR) is 53.7 cm³/mol. The largest absolute Gasteiger partial charge is 0.388 e. The molecule has 2 rings (SSSR count). The monoisotopic (exact) mass is 195 g/mol. The first-order valence-electron chi connectivity index (χ1n) is 5.10. The van der Waals surface area contributed by atoms with Gasteiger partial charge < -0.3 is 9.67 Å². The number of nitrogens with zero attached hydrogens (tertiary/aromatic N) is 3. The summed E-state index contributed by atoms with van der Waals surface area (Å²) in [4.78, 5) is 6.61. The van der Waals surface area contributed by atoms with E-state index in [-0.39, 0.29) is 6.61 Å². The SMILES string of the molecule is CC(C)N1CCn2c(cnc2CO)C1. The number of aliphatic hydroxyl groups excluding tert-OH is 1. The normalized spacial score (nSPS) is 17.4. The fraction of sp³-hybridized carbons (Fsp3) is 0.700. The van der Waals surface area contributed by atoms with Crippen LogP contribution in [0.2, 0.25) is 0 Å². The molecule has 0 saturated carbocycles. The summed E-state index contributed by atoms with van der Waals surface area (Å²) in [7, 11) is 0. The van der Waals surface area contributed by atoms with E-state index in [0.29, 0.717) is 6.04 Å². The summed E-state index contributed by atoms with van der Waals surface area (Å²) in [6.07, 6.45) is 1.88. The Kier molecular flexibility index (Phi) is 2.56. The molecule has 1 aliphatic heterocycles. The van der Waals surface area contributed by atoms with Crippen molar-refractivity contribution in [1.29, 1.82) is 0 Å². The van der Waals surface area contributed by atoms with Crippen molar-refractivity contribution in [2.45, 2.75) is 39.6 Å². The molecule has 1 aromatic rings. The van der Waals surface area contributed by atoms with E-state index in [4.69, 9.17) is 5.11 Å². The maximum atomic E-state index is 9.06. The van der Waals surface area contributed by atoms with E-state index < -0.39 is 0 Å². The van der Waals surface area contributed by atoms with E-state index in [9.17, 15) is 0 Å². The van der Waals surface area contributed by atoms with Gasteiger partial charge in [0.05, 0.1) is 5.69 Å². The summed E-state index contributed by atoms with van der Waals surface area (Å²) in [6, 6.07) is 0.580. The number of aromatic nitrogens is 2. The van der Waals surface area contributed by atoms with Crippen LogP contribution in [-0.4, -0.2) is 32.1 Å². The maximum Gasteiger partial charge on any atom is 0.134 e. The Bertz CT molecular complexity index is 319. The van der Waals surface area contributed by atoms with Crippen LogP contribution in [0, 0.1) is 0 Å². The minimum absolute atomic E-state index is 0.0433. The van der Waals surface area contributed by atoms with Crippen LogP contribution in [0.1, 0.15) is 25.4 Å². The molecule has 0 atom stereocenters. The molecule has 0 saturated heterocycles. The molecule has 1 aromatic heterocycles. The predicted octanol–water partition coefficient (Wildman–Crippen LogP) is 0.599. The van der Waals surface area contributed by atoms with Crippen molar-refractivity contribution in [1.82, 2.24) is 14.5 Å². The van der Waals surface area contributed by atoms with Crippen LogP contribution in [0.4, 0.5) is 0 Å². The smallest absolute Gasteiger partial charge is 0.134 e. The molecule has 0 spiro atoms. The van der Waals surface area contributed by atoms with E-state index in [0.717, 1.165) is 25.5 Å². The highest BCUT2D eigenvalue weighted by Crippen LogP contribution is 2.16. The van der Waals surface area contributed by atoms with E-state index in [1.54, 1.807) is 0 Å². The highest BCUT2D eigenvalue weighted by atomic mass is 16.3. The van der Waals surface area contributed by atoms with Crippen molar-refractivity contribution < 1.29 is 5.11 Å². The third-order valence-electron chi connectivity index (χ3n) is 2.87. The van der Waals surface area contributed by atoms with Gasteiger partial charge in [0.15, 0.2) is 0 Å². The zero-order chi connectivity index (χ0) is 10.1. The van der Waals surface area contributed by atoms with E-state index >= 15 is 0 Å². The lowest BCUT2D eigenvalue weighted by Crippen LogP contribution is -2.38. The first kappa shape index (κ1) is 9.68. The molecule has 0 bridgehead atoms. The van der Waals surface area contributed by atoms with Crippen LogP contribution in [0.25, 0.3) is 0 Å². The summed E-state index contributed by atoms with van der Waals surface area (Å²) >= 11 is 0. The topological polar surface area (TPSA) is 41.3 Å².